The van der Waals surface area contributed by atoms with Crippen LogP contribution < -0.4 is 5.32 Å². The molecule has 2 N–H and O–H groups in total. The molecule has 37 heavy (non-hydrogen) atoms. The lowest BCUT2D eigenvalue weighted by Gasteiger charge is -2.20. The largest absolute Gasteiger partial charge is 0.481 e. The molecule has 1 amide bonds. The second-order valence-corrected chi connectivity index (χ2v) is 13.0. The molecular formula is C31H39NO3S2. The molecular weight excluding hydrogens is 498 g/mol. The lowest BCUT2D eigenvalue weighted by molar-refractivity contribution is -0.136. The van der Waals surface area contributed by atoms with Crippen molar-refractivity contribution in [2.75, 3.05) is 6.54 Å². The van der Waals surface area contributed by atoms with Crippen LogP contribution in [0.25, 0.3) is 11.1 Å². The molecule has 0 saturated carbocycles. The van der Waals surface area contributed by atoms with E-state index in [0.717, 1.165) is 19.3 Å². The SMILES string of the molecule is CCCCC(Sc1cc(C)c(-c2ccc(C(C)(C)C)cc2)c(C)c1)c1ccc(C(=O)NCCC(=O)O)s1. The van der Waals surface area contributed by atoms with Gasteiger partial charge in [-0.05, 0) is 77.8 Å². The molecule has 0 spiro atoms. The molecule has 0 bridgehead atoms. The molecule has 0 saturated heterocycles. The molecule has 0 radical (unpaired) electrons. The van der Waals surface area contributed by atoms with Gasteiger partial charge >= 0.3 is 5.97 Å². The molecule has 0 fully saturated rings. The third kappa shape index (κ3) is 7.96. The number of carboxylic acid groups (broad SMARTS) is 1. The first-order chi connectivity index (χ1) is 17.5. The van der Waals surface area contributed by atoms with Gasteiger partial charge < -0.3 is 10.4 Å². The number of rotatable bonds is 11. The third-order valence-electron chi connectivity index (χ3n) is 6.44. The van der Waals surface area contributed by atoms with Crippen LogP contribution >= 0.6 is 23.1 Å². The Kier molecular flexibility index (Phi) is 10.0. The summed E-state index contributed by atoms with van der Waals surface area (Å²) in [6, 6.07) is 17.4. The van der Waals surface area contributed by atoms with Gasteiger partial charge in [-0.2, -0.15) is 0 Å². The van der Waals surface area contributed by atoms with Crippen molar-refractivity contribution in [1.29, 1.82) is 0 Å². The van der Waals surface area contributed by atoms with Gasteiger partial charge in [-0.1, -0.05) is 64.8 Å². The Morgan fingerprint density at radius 3 is 2.24 bits per heavy atom. The first-order valence-corrected chi connectivity index (χ1v) is 14.7. The molecule has 0 aliphatic carbocycles. The predicted molar refractivity (Wildman–Crippen MR) is 157 cm³/mol. The lowest BCUT2D eigenvalue weighted by atomic mass is 9.85. The van der Waals surface area contributed by atoms with Gasteiger partial charge in [0.2, 0.25) is 0 Å². The number of aryl methyl sites for hydroxylation is 2. The number of hydrogen-bond donors (Lipinski definition) is 2. The van der Waals surface area contributed by atoms with Crippen molar-refractivity contribution >= 4 is 35.0 Å². The molecule has 1 aromatic heterocycles. The van der Waals surface area contributed by atoms with E-state index in [9.17, 15) is 9.59 Å². The van der Waals surface area contributed by atoms with Gasteiger partial charge in [0.05, 0.1) is 11.3 Å². The van der Waals surface area contributed by atoms with E-state index in [1.54, 1.807) is 0 Å². The van der Waals surface area contributed by atoms with E-state index < -0.39 is 5.97 Å². The number of thiophene rings is 1. The fourth-order valence-electron chi connectivity index (χ4n) is 4.42. The maximum Gasteiger partial charge on any atom is 0.305 e. The number of carbonyl (C=O) groups is 2. The Labute approximate surface area is 229 Å². The number of benzene rings is 2. The minimum absolute atomic E-state index is 0.0750. The van der Waals surface area contributed by atoms with Crippen LogP contribution in [0.3, 0.4) is 0 Å². The van der Waals surface area contributed by atoms with Crippen molar-refractivity contribution in [3.05, 3.63) is 75.0 Å². The van der Waals surface area contributed by atoms with Crippen LogP contribution in [0.2, 0.25) is 0 Å². The van der Waals surface area contributed by atoms with E-state index in [4.69, 9.17) is 5.11 Å². The van der Waals surface area contributed by atoms with Crippen LogP contribution in [0.15, 0.2) is 53.4 Å². The van der Waals surface area contributed by atoms with Gasteiger partial charge in [-0.25, -0.2) is 0 Å². The summed E-state index contributed by atoms with van der Waals surface area (Å²) in [6.07, 6.45) is 3.20. The molecule has 2 aromatic carbocycles. The third-order valence-corrected chi connectivity index (χ3v) is 9.07. The molecule has 4 nitrogen and oxygen atoms in total. The topological polar surface area (TPSA) is 66.4 Å². The fraction of sp³-hybridized carbons (Fsp3) is 0.419. The summed E-state index contributed by atoms with van der Waals surface area (Å²) in [5.41, 5.74) is 6.56. The monoisotopic (exact) mass is 537 g/mol. The zero-order valence-electron chi connectivity index (χ0n) is 22.8. The number of thioether (sulfide) groups is 1. The van der Waals surface area contributed by atoms with Crippen LogP contribution in [0, 0.1) is 13.8 Å². The molecule has 198 valence electrons. The number of nitrogens with one attached hydrogen (secondary N) is 1. The average Bonchev–Trinajstić information content (AvgIpc) is 3.31. The highest BCUT2D eigenvalue weighted by Gasteiger charge is 2.20. The van der Waals surface area contributed by atoms with Crippen LogP contribution in [-0.4, -0.2) is 23.5 Å². The van der Waals surface area contributed by atoms with Crippen LogP contribution in [0.1, 0.15) is 89.9 Å². The van der Waals surface area contributed by atoms with Gasteiger partial charge in [-0.3, -0.25) is 9.59 Å². The summed E-state index contributed by atoms with van der Waals surface area (Å²) in [5, 5.41) is 11.8. The zero-order valence-corrected chi connectivity index (χ0v) is 24.4. The van der Waals surface area contributed by atoms with Gasteiger partial charge in [-0.15, -0.1) is 23.1 Å². The first-order valence-electron chi connectivity index (χ1n) is 13.0. The van der Waals surface area contributed by atoms with E-state index in [1.165, 1.54) is 48.9 Å². The summed E-state index contributed by atoms with van der Waals surface area (Å²) in [6.45, 7) is 13.4. The normalized spacial score (nSPS) is 12.4. The Hall–Kier alpha value is -2.57. The van der Waals surface area contributed by atoms with Crippen molar-refractivity contribution in [2.45, 2.75) is 82.8 Å². The van der Waals surface area contributed by atoms with Gasteiger partial charge in [0.1, 0.15) is 0 Å². The van der Waals surface area contributed by atoms with Gasteiger partial charge in [0, 0.05) is 21.6 Å². The van der Waals surface area contributed by atoms with Crippen molar-refractivity contribution in [2.24, 2.45) is 0 Å². The number of aliphatic carboxylic acids is 1. The first kappa shape index (κ1) is 29.0. The Morgan fingerprint density at radius 2 is 1.68 bits per heavy atom. The van der Waals surface area contributed by atoms with Gasteiger partial charge in [0.25, 0.3) is 5.91 Å². The second kappa shape index (κ2) is 12.8. The second-order valence-electron chi connectivity index (χ2n) is 10.6. The summed E-state index contributed by atoms with van der Waals surface area (Å²) < 4.78 is 0. The quantitative estimate of drug-likeness (QED) is 0.240. The molecule has 3 rings (SSSR count). The Balaban J connectivity index is 1.80. The molecule has 0 aliphatic heterocycles. The lowest BCUT2D eigenvalue weighted by Crippen LogP contribution is -2.25. The highest BCUT2D eigenvalue weighted by atomic mass is 32.2. The van der Waals surface area contributed by atoms with E-state index in [-0.39, 0.29) is 29.5 Å². The van der Waals surface area contributed by atoms with E-state index in [1.807, 2.05) is 17.8 Å². The molecule has 6 heteroatoms. The smallest absolute Gasteiger partial charge is 0.305 e. The standard InChI is InChI=1S/C31H39NO3S2/c1-7-8-9-25(26-14-15-27(37-26)30(35)32-17-16-28(33)34)36-24-18-20(2)29(21(3)19-24)22-10-12-23(13-11-22)31(4,5)6/h10-15,18-19,25H,7-9,16-17H2,1-6H3,(H,32,35)(H,33,34). The van der Waals surface area contributed by atoms with Crippen molar-refractivity contribution < 1.29 is 14.7 Å². The molecule has 3 aromatic rings. The van der Waals surface area contributed by atoms with Crippen molar-refractivity contribution in [1.82, 2.24) is 5.32 Å². The number of carboxylic acids is 1. The Bertz CT molecular complexity index is 1200. The number of unbranched alkanes of at least 4 members (excludes halogenated alkanes) is 1. The fourth-order valence-corrected chi connectivity index (χ4v) is 6.94. The van der Waals surface area contributed by atoms with Crippen molar-refractivity contribution in [3.8, 4) is 11.1 Å². The molecule has 1 atom stereocenters. The molecule has 1 heterocycles. The minimum Gasteiger partial charge on any atom is -0.481 e. The molecule has 0 aliphatic rings. The van der Waals surface area contributed by atoms with Crippen LogP contribution in [0.4, 0.5) is 0 Å². The Morgan fingerprint density at radius 1 is 1.03 bits per heavy atom. The maximum absolute atomic E-state index is 12.5. The van der Waals surface area contributed by atoms with E-state index in [0.29, 0.717) is 4.88 Å². The average molecular weight is 538 g/mol. The number of amides is 1. The van der Waals surface area contributed by atoms with E-state index in [2.05, 4.69) is 89.3 Å². The predicted octanol–water partition coefficient (Wildman–Crippen LogP) is 8.56. The zero-order chi connectivity index (χ0) is 27.2. The summed E-state index contributed by atoms with van der Waals surface area (Å²) in [7, 11) is 0. The number of carbonyl (C=O) groups excluding carboxylic acids is 1. The summed E-state index contributed by atoms with van der Waals surface area (Å²) >= 11 is 3.38. The molecule has 1 unspecified atom stereocenters. The van der Waals surface area contributed by atoms with Crippen molar-refractivity contribution in [3.63, 3.8) is 0 Å². The van der Waals surface area contributed by atoms with Crippen LogP contribution in [-0.2, 0) is 10.2 Å². The van der Waals surface area contributed by atoms with Gasteiger partial charge in [0.15, 0.2) is 0 Å². The highest BCUT2D eigenvalue weighted by molar-refractivity contribution is 7.99. The number of hydrogen-bond acceptors (Lipinski definition) is 4. The van der Waals surface area contributed by atoms with E-state index >= 15 is 0 Å². The van der Waals surface area contributed by atoms with Crippen LogP contribution in [0.5, 0.6) is 0 Å². The highest BCUT2D eigenvalue weighted by Crippen LogP contribution is 2.43. The minimum atomic E-state index is -0.915. The summed E-state index contributed by atoms with van der Waals surface area (Å²) in [4.78, 5) is 26.3. The maximum atomic E-state index is 12.5. The summed E-state index contributed by atoms with van der Waals surface area (Å²) in [5.74, 6) is -1.12.